The first-order valence-corrected chi connectivity index (χ1v) is 6.24. The number of aromatic hydroxyl groups is 1. The number of hydrogen-bond donors (Lipinski definition) is 1. The standard InChI is InChI=1S/C12H11ClF3NO2/c13-3-4-17(6-1-2-6)12(19)7-5-8(14)10(16)11(18)9(7)15/h5-6,18H,1-4H2. The van der Waals surface area contributed by atoms with Crippen molar-refractivity contribution in [2.75, 3.05) is 12.4 Å². The molecule has 1 aromatic rings. The third-order valence-electron chi connectivity index (χ3n) is 2.94. The third kappa shape index (κ3) is 2.63. The second-order valence-electron chi connectivity index (χ2n) is 4.30. The number of nitrogens with zero attached hydrogens (tertiary/aromatic N) is 1. The monoisotopic (exact) mass is 293 g/mol. The molecule has 7 heteroatoms. The number of phenols is 1. The van der Waals surface area contributed by atoms with Crippen LogP contribution in [0.15, 0.2) is 6.07 Å². The van der Waals surface area contributed by atoms with Gasteiger partial charge in [0, 0.05) is 18.5 Å². The average Bonchev–Trinajstić information content (AvgIpc) is 3.21. The Labute approximate surface area is 112 Å². The summed E-state index contributed by atoms with van der Waals surface area (Å²) in [4.78, 5) is 13.4. The first-order valence-electron chi connectivity index (χ1n) is 5.70. The molecule has 0 unspecified atom stereocenters. The Hall–Kier alpha value is -1.43. The predicted octanol–water partition coefficient (Wildman–Crippen LogP) is 2.65. The molecule has 0 aliphatic heterocycles. The molecule has 2 rings (SSSR count). The molecule has 0 aromatic heterocycles. The van der Waals surface area contributed by atoms with Gasteiger partial charge in [-0.15, -0.1) is 11.6 Å². The topological polar surface area (TPSA) is 40.5 Å². The van der Waals surface area contributed by atoms with Crippen LogP contribution in [-0.2, 0) is 0 Å². The van der Waals surface area contributed by atoms with E-state index in [0.29, 0.717) is 6.07 Å². The van der Waals surface area contributed by atoms with Crippen molar-refractivity contribution in [3.8, 4) is 5.75 Å². The average molecular weight is 294 g/mol. The maximum Gasteiger partial charge on any atom is 0.257 e. The molecular weight excluding hydrogens is 283 g/mol. The molecule has 3 nitrogen and oxygen atoms in total. The SMILES string of the molecule is O=C(c1cc(F)c(F)c(O)c1F)N(CCCl)C1CC1. The summed E-state index contributed by atoms with van der Waals surface area (Å²) in [6, 6.07) is 0.400. The lowest BCUT2D eigenvalue weighted by atomic mass is 10.1. The van der Waals surface area contributed by atoms with Crippen LogP contribution in [0.1, 0.15) is 23.2 Å². The van der Waals surface area contributed by atoms with Gasteiger partial charge in [-0.3, -0.25) is 4.79 Å². The highest BCUT2D eigenvalue weighted by atomic mass is 35.5. The largest absolute Gasteiger partial charge is 0.503 e. The summed E-state index contributed by atoms with van der Waals surface area (Å²) in [5, 5.41) is 9.10. The summed E-state index contributed by atoms with van der Waals surface area (Å²) in [5.41, 5.74) is -0.687. The van der Waals surface area contributed by atoms with Crippen LogP contribution in [0.5, 0.6) is 5.75 Å². The van der Waals surface area contributed by atoms with E-state index in [4.69, 9.17) is 16.7 Å². The zero-order chi connectivity index (χ0) is 14.2. The Balaban J connectivity index is 2.37. The lowest BCUT2D eigenvalue weighted by Crippen LogP contribution is -2.35. The molecule has 0 radical (unpaired) electrons. The van der Waals surface area contributed by atoms with E-state index in [0.717, 1.165) is 12.8 Å². The first kappa shape index (κ1) is 14.0. The van der Waals surface area contributed by atoms with Crippen LogP contribution in [-0.4, -0.2) is 34.4 Å². The van der Waals surface area contributed by atoms with Gasteiger partial charge in [0.15, 0.2) is 17.4 Å². The number of halogens is 4. The van der Waals surface area contributed by atoms with E-state index in [1.165, 1.54) is 4.90 Å². The minimum Gasteiger partial charge on any atom is -0.503 e. The Morgan fingerprint density at radius 2 is 2.00 bits per heavy atom. The zero-order valence-corrected chi connectivity index (χ0v) is 10.6. The van der Waals surface area contributed by atoms with E-state index in [1.54, 1.807) is 0 Å². The Bertz CT molecular complexity index is 520. The van der Waals surface area contributed by atoms with Gasteiger partial charge in [-0.1, -0.05) is 0 Å². The lowest BCUT2D eigenvalue weighted by molar-refractivity contribution is 0.0747. The number of benzene rings is 1. The quantitative estimate of drug-likeness (QED) is 0.685. The Morgan fingerprint density at radius 3 is 2.53 bits per heavy atom. The molecule has 0 bridgehead atoms. The minimum absolute atomic E-state index is 0.0547. The number of carbonyl (C=O) groups excluding carboxylic acids is 1. The highest BCUT2D eigenvalue weighted by Gasteiger charge is 2.35. The van der Waals surface area contributed by atoms with Crippen LogP contribution in [0.4, 0.5) is 13.2 Å². The predicted molar refractivity (Wildman–Crippen MR) is 62.8 cm³/mol. The van der Waals surface area contributed by atoms with Crippen molar-refractivity contribution in [2.24, 2.45) is 0 Å². The van der Waals surface area contributed by atoms with Crippen molar-refractivity contribution in [3.05, 3.63) is 29.1 Å². The van der Waals surface area contributed by atoms with Gasteiger partial charge in [0.1, 0.15) is 0 Å². The van der Waals surface area contributed by atoms with E-state index in [-0.39, 0.29) is 18.5 Å². The second kappa shape index (κ2) is 5.28. The van der Waals surface area contributed by atoms with E-state index < -0.39 is 34.7 Å². The van der Waals surface area contributed by atoms with Crippen molar-refractivity contribution >= 4 is 17.5 Å². The number of alkyl halides is 1. The van der Waals surface area contributed by atoms with Crippen molar-refractivity contribution in [1.82, 2.24) is 4.90 Å². The smallest absolute Gasteiger partial charge is 0.257 e. The molecular formula is C12H11ClF3NO2. The molecule has 104 valence electrons. The number of rotatable bonds is 4. The fourth-order valence-corrected chi connectivity index (χ4v) is 2.01. The van der Waals surface area contributed by atoms with Crippen LogP contribution >= 0.6 is 11.6 Å². The van der Waals surface area contributed by atoms with Gasteiger partial charge in [-0.2, -0.15) is 4.39 Å². The molecule has 1 aromatic carbocycles. The van der Waals surface area contributed by atoms with Crippen molar-refractivity contribution in [2.45, 2.75) is 18.9 Å². The van der Waals surface area contributed by atoms with Gasteiger partial charge in [0.2, 0.25) is 5.82 Å². The molecule has 1 fully saturated rings. The maximum atomic E-state index is 13.6. The highest BCUT2D eigenvalue weighted by molar-refractivity contribution is 6.18. The summed E-state index contributed by atoms with van der Waals surface area (Å²) in [5.74, 6) is -6.75. The molecule has 1 aliphatic rings. The number of amides is 1. The molecule has 1 amide bonds. The molecule has 0 atom stereocenters. The van der Waals surface area contributed by atoms with Crippen LogP contribution in [0.2, 0.25) is 0 Å². The second-order valence-corrected chi connectivity index (χ2v) is 4.68. The van der Waals surface area contributed by atoms with Gasteiger partial charge >= 0.3 is 0 Å². The summed E-state index contributed by atoms with van der Waals surface area (Å²) in [6.07, 6.45) is 1.53. The number of phenolic OH excluding ortho intramolecular Hbond substituents is 1. The van der Waals surface area contributed by atoms with Crippen LogP contribution < -0.4 is 0 Å². The van der Waals surface area contributed by atoms with Crippen molar-refractivity contribution in [3.63, 3.8) is 0 Å². The summed E-state index contributed by atoms with van der Waals surface area (Å²) in [6.45, 7) is 0.185. The maximum absolute atomic E-state index is 13.6. The fraction of sp³-hybridized carbons (Fsp3) is 0.417. The normalized spacial score (nSPS) is 14.5. The van der Waals surface area contributed by atoms with Gasteiger partial charge in [-0.25, -0.2) is 8.78 Å². The van der Waals surface area contributed by atoms with E-state index >= 15 is 0 Å². The molecule has 1 saturated carbocycles. The summed E-state index contributed by atoms with van der Waals surface area (Å²) >= 11 is 5.56. The van der Waals surface area contributed by atoms with Gasteiger partial charge in [0.25, 0.3) is 5.91 Å². The lowest BCUT2D eigenvalue weighted by Gasteiger charge is -2.21. The van der Waals surface area contributed by atoms with E-state index in [9.17, 15) is 18.0 Å². The molecule has 0 spiro atoms. The van der Waals surface area contributed by atoms with E-state index in [2.05, 4.69) is 0 Å². The first-order chi connectivity index (χ1) is 8.97. The Morgan fingerprint density at radius 1 is 1.37 bits per heavy atom. The zero-order valence-electron chi connectivity index (χ0n) is 9.80. The van der Waals surface area contributed by atoms with Crippen molar-refractivity contribution < 1.29 is 23.1 Å². The minimum atomic E-state index is -1.70. The molecule has 1 aliphatic carbocycles. The van der Waals surface area contributed by atoms with Gasteiger partial charge in [-0.05, 0) is 18.9 Å². The molecule has 19 heavy (non-hydrogen) atoms. The van der Waals surface area contributed by atoms with Crippen LogP contribution in [0.3, 0.4) is 0 Å². The van der Waals surface area contributed by atoms with Gasteiger partial charge in [0.05, 0.1) is 5.56 Å². The fourth-order valence-electron chi connectivity index (χ4n) is 1.83. The summed E-state index contributed by atoms with van der Waals surface area (Å²) in [7, 11) is 0. The number of carbonyl (C=O) groups is 1. The van der Waals surface area contributed by atoms with Crippen LogP contribution in [0.25, 0.3) is 0 Å². The molecule has 1 N–H and O–H groups in total. The summed E-state index contributed by atoms with van der Waals surface area (Å²) < 4.78 is 39.7. The van der Waals surface area contributed by atoms with Gasteiger partial charge < -0.3 is 10.0 Å². The Kier molecular flexibility index (Phi) is 3.89. The highest BCUT2D eigenvalue weighted by Crippen LogP contribution is 2.31. The number of hydrogen-bond acceptors (Lipinski definition) is 2. The molecule has 0 saturated heterocycles. The van der Waals surface area contributed by atoms with Crippen molar-refractivity contribution in [1.29, 1.82) is 0 Å². The third-order valence-corrected chi connectivity index (χ3v) is 3.11. The van der Waals surface area contributed by atoms with Crippen LogP contribution in [0, 0.1) is 17.5 Å². The van der Waals surface area contributed by atoms with E-state index in [1.807, 2.05) is 0 Å². The molecule has 0 heterocycles.